The highest BCUT2D eigenvalue weighted by Gasteiger charge is 2.24. The van der Waals surface area contributed by atoms with E-state index in [4.69, 9.17) is 4.74 Å². The Bertz CT molecular complexity index is 1260. The first kappa shape index (κ1) is 25.7. The third kappa shape index (κ3) is 4.51. The van der Waals surface area contributed by atoms with Crippen molar-refractivity contribution < 1.29 is 14.3 Å². The number of esters is 1. The summed E-state index contributed by atoms with van der Waals surface area (Å²) in [6, 6.07) is 13.6. The molecule has 0 bridgehead atoms. The number of rotatable bonds is 1. The third-order valence-corrected chi connectivity index (χ3v) is 5.25. The van der Waals surface area contributed by atoms with E-state index in [0.717, 1.165) is 38.6 Å². The minimum Gasteiger partial charge on any atom is -0.465 e. The lowest BCUT2D eigenvalue weighted by molar-refractivity contribution is -0.117. The zero-order valence-electron chi connectivity index (χ0n) is 20.9. The smallest absolute Gasteiger partial charge is 0.337 e. The number of hydrogen-bond acceptors (Lipinski definition) is 3. The summed E-state index contributed by atoms with van der Waals surface area (Å²) in [6.45, 7) is 14.2. The van der Waals surface area contributed by atoms with Gasteiger partial charge in [0.25, 0.3) is 5.91 Å². The van der Waals surface area contributed by atoms with E-state index in [2.05, 4.69) is 18.4 Å². The Hall–Kier alpha value is -3.54. The van der Waals surface area contributed by atoms with E-state index in [9.17, 15) is 9.59 Å². The SMILES string of the molecule is CC.CC.CC.COC(=O)c1ccc2c(C)c3n(c2c1)CC(=O)Nn1ccc2cccc-3c21. The number of carbonyl (C=O) groups is 2. The first-order valence-corrected chi connectivity index (χ1v) is 11.7. The molecule has 1 aliphatic heterocycles. The highest BCUT2D eigenvalue weighted by molar-refractivity contribution is 6.04. The molecule has 0 atom stereocenters. The van der Waals surface area contributed by atoms with Crippen LogP contribution in [0.2, 0.25) is 0 Å². The fourth-order valence-corrected chi connectivity index (χ4v) is 4.07. The van der Waals surface area contributed by atoms with Gasteiger partial charge in [-0.1, -0.05) is 65.8 Å². The lowest BCUT2D eigenvalue weighted by Gasteiger charge is -2.19. The van der Waals surface area contributed by atoms with Gasteiger partial charge in [-0.3, -0.25) is 14.9 Å². The molecule has 0 aliphatic carbocycles. The van der Waals surface area contributed by atoms with Crippen LogP contribution in [0.3, 0.4) is 0 Å². The van der Waals surface area contributed by atoms with Crippen molar-refractivity contribution in [1.82, 2.24) is 9.24 Å². The summed E-state index contributed by atoms with van der Waals surface area (Å²) in [5.74, 6) is -0.514. The van der Waals surface area contributed by atoms with Crippen LogP contribution < -0.4 is 5.43 Å². The largest absolute Gasteiger partial charge is 0.465 e. The van der Waals surface area contributed by atoms with Crippen LogP contribution in [0, 0.1) is 6.92 Å². The van der Waals surface area contributed by atoms with E-state index in [1.807, 2.05) is 76.6 Å². The van der Waals surface area contributed by atoms with Gasteiger partial charge in [-0.05, 0) is 30.7 Å². The van der Waals surface area contributed by atoms with Crippen LogP contribution in [0.4, 0.5) is 0 Å². The molecule has 1 aliphatic rings. The Morgan fingerprint density at radius 3 is 2.36 bits per heavy atom. The number of para-hydroxylation sites is 1. The minimum atomic E-state index is -0.392. The van der Waals surface area contributed by atoms with Crippen molar-refractivity contribution in [2.75, 3.05) is 12.5 Å². The predicted molar refractivity (Wildman–Crippen MR) is 137 cm³/mol. The number of hydrogen-bond donors (Lipinski definition) is 1. The van der Waals surface area contributed by atoms with Crippen molar-refractivity contribution in [2.24, 2.45) is 0 Å². The minimum absolute atomic E-state index is 0.122. The van der Waals surface area contributed by atoms with Crippen molar-refractivity contribution >= 4 is 33.7 Å². The maximum Gasteiger partial charge on any atom is 0.337 e. The van der Waals surface area contributed by atoms with Crippen molar-refractivity contribution in [2.45, 2.75) is 55.0 Å². The molecule has 6 nitrogen and oxygen atoms in total. The van der Waals surface area contributed by atoms with Gasteiger partial charge >= 0.3 is 5.97 Å². The van der Waals surface area contributed by atoms with Gasteiger partial charge in [0.2, 0.25) is 0 Å². The molecule has 3 heterocycles. The zero-order chi connectivity index (χ0) is 24.7. The Morgan fingerprint density at radius 2 is 1.70 bits per heavy atom. The topological polar surface area (TPSA) is 65.3 Å². The van der Waals surface area contributed by atoms with E-state index < -0.39 is 5.97 Å². The number of fused-ring (bicyclic) bond motifs is 4. The molecule has 33 heavy (non-hydrogen) atoms. The highest BCUT2D eigenvalue weighted by atomic mass is 16.5. The standard InChI is InChI=1S/C21H17N3O3.3C2H6/c1-12-15-7-6-14(21(26)27-2)10-17(15)23-11-18(25)22-24-9-8-13-4-3-5-16(19(12)23)20(13)24;3*1-2/h3-10H,11H2,1-2H3,(H,22,25);3*1-2H3. The first-order chi connectivity index (χ1) is 16.1. The zero-order valence-corrected chi connectivity index (χ0v) is 20.9. The highest BCUT2D eigenvalue weighted by Crippen LogP contribution is 2.38. The molecule has 4 aromatic rings. The molecule has 1 N–H and O–H groups in total. The maximum atomic E-state index is 12.6. The number of amides is 1. The Kier molecular flexibility index (Phi) is 8.85. The van der Waals surface area contributed by atoms with Crippen LogP contribution in [0.1, 0.15) is 57.5 Å². The lowest BCUT2D eigenvalue weighted by Crippen LogP contribution is -2.28. The summed E-state index contributed by atoms with van der Waals surface area (Å²) in [6.07, 6.45) is 1.87. The number of aryl methyl sites for hydroxylation is 1. The summed E-state index contributed by atoms with van der Waals surface area (Å²) in [7, 11) is 1.36. The van der Waals surface area contributed by atoms with E-state index in [1.165, 1.54) is 7.11 Å². The molecule has 6 heteroatoms. The summed E-state index contributed by atoms with van der Waals surface area (Å²) >= 11 is 0. The molecule has 1 amide bonds. The second-order valence-corrected chi connectivity index (χ2v) is 6.75. The summed E-state index contributed by atoms with van der Waals surface area (Å²) in [5.41, 5.74) is 8.33. The van der Waals surface area contributed by atoms with Gasteiger partial charge in [0, 0.05) is 22.5 Å². The van der Waals surface area contributed by atoms with E-state index in [-0.39, 0.29) is 12.5 Å². The molecule has 2 aromatic carbocycles. The fraction of sp³-hybridized carbons (Fsp3) is 0.333. The van der Waals surface area contributed by atoms with Gasteiger partial charge in [-0.2, -0.15) is 0 Å². The van der Waals surface area contributed by atoms with Crippen molar-refractivity contribution in [1.29, 1.82) is 0 Å². The Balaban J connectivity index is 0.000000597. The van der Waals surface area contributed by atoms with E-state index in [1.54, 1.807) is 16.8 Å². The quantitative estimate of drug-likeness (QED) is 0.336. The third-order valence-electron chi connectivity index (χ3n) is 5.25. The van der Waals surface area contributed by atoms with Crippen LogP contribution in [-0.4, -0.2) is 28.2 Å². The number of nitrogens with one attached hydrogen (secondary N) is 1. The number of benzene rings is 2. The van der Waals surface area contributed by atoms with Crippen LogP contribution in [0.25, 0.3) is 33.1 Å². The summed E-state index contributed by atoms with van der Waals surface area (Å²) in [5, 5.41) is 2.07. The van der Waals surface area contributed by atoms with Crippen molar-refractivity contribution in [3.63, 3.8) is 0 Å². The Labute approximate surface area is 196 Å². The molecule has 176 valence electrons. The average Bonchev–Trinajstić information content (AvgIpc) is 3.39. The second kappa shape index (κ2) is 11.4. The number of ether oxygens (including phenoxy) is 1. The van der Waals surface area contributed by atoms with E-state index in [0.29, 0.717) is 5.56 Å². The molecular formula is C27H35N3O3. The van der Waals surface area contributed by atoms with Crippen LogP contribution >= 0.6 is 0 Å². The van der Waals surface area contributed by atoms with Gasteiger partial charge in [0.1, 0.15) is 6.54 Å². The summed E-state index contributed by atoms with van der Waals surface area (Å²) in [4.78, 5) is 24.6. The van der Waals surface area contributed by atoms with Crippen molar-refractivity contribution in [3.8, 4) is 11.3 Å². The van der Waals surface area contributed by atoms with Crippen LogP contribution in [0.15, 0.2) is 48.7 Å². The molecule has 0 saturated heterocycles. The van der Waals surface area contributed by atoms with Crippen LogP contribution in [0.5, 0.6) is 0 Å². The van der Waals surface area contributed by atoms with E-state index >= 15 is 0 Å². The molecule has 5 rings (SSSR count). The maximum absolute atomic E-state index is 12.6. The molecule has 0 radical (unpaired) electrons. The van der Waals surface area contributed by atoms with Crippen molar-refractivity contribution in [3.05, 3.63) is 59.8 Å². The number of carbonyl (C=O) groups excluding carboxylic acids is 2. The van der Waals surface area contributed by atoms with Crippen LogP contribution in [-0.2, 0) is 16.1 Å². The molecule has 0 spiro atoms. The molecule has 0 fully saturated rings. The van der Waals surface area contributed by atoms with Gasteiger partial charge in [-0.25, -0.2) is 4.79 Å². The summed E-state index contributed by atoms with van der Waals surface area (Å²) < 4.78 is 8.62. The second-order valence-electron chi connectivity index (χ2n) is 6.75. The molecule has 0 unspecified atom stereocenters. The predicted octanol–water partition coefficient (Wildman–Crippen LogP) is 6.52. The fourth-order valence-electron chi connectivity index (χ4n) is 4.07. The Morgan fingerprint density at radius 1 is 1.00 bits per heavy atom. The number of aromatic nitrogens is 2. The van der Waals surface area contributed by atoms with Gasteiger partial charge in [0.15, 0.2) is 0 Å². The number of methoxy groups -OCH3 is 1. The average molecular weight is 450 g/mol. The molecule has 0 saturated carbocycles. The molecule has 2 aromatic heterocycles. The number of nitrogens with zero attached hydrogens (tertiary/aromatic N) is 2. The lowest BCUT2D eigenvalue weighted by atomic mass is 10.0. The van der Waals surface area contributed by atoms with Gasteiger partial charge in [0.05, 0.1) is 29.4 Å². The monoisotopic (exact) mass is 449 g/mol. The first-order valence-electron chi connectivity index (χ1n) is 11.7. The molecular weight excluding hydrogens is 414 g/mol. The van der Waals surface area contributed by atoms with Gasteiger partial charge < -0.3 is 9.30 Å². The van der Waals surface area contributed by atoms with Gasteiger partial charge in [-0.15, -0.1) is 0 Å². The normalized spacial score (nSPS) is 11.3.